The molecule has 0 unspecified atom stereocenters. The Bertz CT molecular complexity index is 688. The smallest absolute Gasteiger partial charge is 0.344 e. The van der Waals surface area contributed by atoms with Gasteiger partial charge in [0, 0.05) is 4.47 Å². The molecule has 0 aromatic heterocycles. The van der Waals surface area contributed by atoms with Crippen LogP contribution >= 0.6 is 15.9 Å². The van der Waals surface area contributed by atoms with Crippen molar-refractivity contribution in [3.8, 4) is 5.75 Å². The largest absolute Gasteiger partial charge is 0.482 e. The van der Waals surface area contributed by atoms with Crippen LogP contribution in [0.2, 0.25) is 0 Å². The predicted octanol–water partition coefficient (Wildman–Crippen LogP) is 3.64. The molecule has 6 heteroatoms. The molecule has 0 heterocycles. The molecular weight excluding hydrogens is 386 g/mol. The molecule has 0 fully saturated rings. The molecule has 0 spiro atoms. The standard InChI is InChI=1S/C19H20BrNO4/c1-2-17(14-8-10-15(20)11-9-14)21-18(22)12-25-19(23)13-24-16-6-4-3-5-7-16/h3-11,17H,2,12-13H2,1H3,(H,21,22)/t17-/m0/s1. The van der Waals surface area contributed by atoms with E-state index >= 15 is 0 Å². The Morgan fingerprint density at radius 3 is 2.36 bits per heavy atom. The van der Waals surface area contributed by atoms with Gasteiger partial charge in [-0.3, -0.25) is 4.79 Å². The summed E-state index contributed by atoms with van der Waals surface area (Å²) in [6.07, 6.45) is 0.735. The molecule has 1 amide bonds. The lowest BCUT2D eigenvalue weighted by Crippen LogP contribution is -2.32. The zero-order valence-corrected chi connectivity index (χ0v) is 15.5. The van der Waals surface area contributed by atoms with Gasteiger partial charge in [-0.2, -0.15) is 0 Å². The number of carbonyl (C=O) groups is 2. The molecule has 0 saturated carbocycles. The highest BCUT2D eigenvalue weighted by Gasteiger charge is 2.14. The van der Waals surface area contributed by atoms with Crippen LogP contribution in [0.1, 0.15) is 24.9 Å². The molecule has 2 aromatic carbocycles. The molecule has 0 saturated heterocycles. The lowest BCUT2D eigenvalue weighted by molar-refractivity contribution is -0.150. The van der Waals surface area contributed by atoms with Crippen molar-refractivity contribution in [3.05, 3.63) is 64.6 Å². The topological polar surface area (TPSA) is 64.6 Å². The first-order valence-electron chi connectivity index (χ1n) is 7.96. The van der Waals surface area contributed by atoms with Gasteiger partial charge in [0.15, 0.2) is 13.2 Å². The van der Waals surface area contributed by atoms with Crippen LogP contribution in [0.15, 0.2) is 59.1 Å². The number of ether oxygens (including phenoxy) is 2. The van der Waals surface area contributed by atoms with E-state index in [2.05, 4.69) is 21.2 Å². The normalized spacial score (nSPS) is 11.4. The third-order valence-corrected chi connectivity index (χ3v) is 4.01. The Morgan fingerprint density at radius 2 is 1.72 bits per heavy atom. The average Bonchev–Trinajstić information content (AvgIpc) is 2.64. The Kier molecular flexibility index (Phi) is 7.47. The number of hydrogen-bond donors (Lipinski definition) is 1. The van der Waals surface area contributed by atoms with Gasteiger partial charge in [0.05, 0.1) is 6.04 Å². The zero-order valence-electron chi connectivity index (χ0n) is 13.9. The number of amides is 1. The molecule has 0 bridgehead atoms. The van der Waals surface area contributed by atoms with E-state index in [9.17, 15) is 9.59 Å². The maximum atomic E-state index is 12.0. The second kappa shape index (κ2) is 9.84. The molecule has 0 aliphatic rings. The second-order valence-corrected chi connectivity index (χ2v) is 6.26. The summed E-state index contributed by atoms with van der Waals surface area (Å²) in [5.41, 5.74) is 0.998. The highest BCUT2D eigenvalue weighted by molar-refractivity contribution is 9.10. The van der Waals surface area contributed by atoms with Gasteiger partial charge in [0.1, 0.15) is 5.75 Å². The van der Waals surface area contributed by atoms with E-state index in [-0.39, 0.29) is 25.2 Å². The van der Waals surface area contributed by atoms with E-state index in [0.29, 0.717) is 5.75 Å². The molecular formula is C19H20BrNO4. The average molecular weight is 406 g/mol. The Balaban J connectivity index is 1.75. The summed E-state index contributed by atoms with van der Waals surface area (Å²) in [7, 11) is 0. The van der Waals surface area contributed by atoms with Gasteiger partial charge < -0.3 is 14.8 Å². The van der Waals surface area contributed by atoms with Crippen LogP contribution < -0.4 is 10.1 Å². The number of hydrogen-bond acceptors (Lipinski definition) is 4. The zero-order chi connectivity index (χ0) is 18.1. The number of para-hydroxylation sites is 1. The maximum absolute atomic E-state index is 12.0. The van der Waals surface area contributed by atoms with Crippen LogP contribution in [0, 0.1) is 0 Å². The van der Waals surface area contributed by atoms with Crippen LogP contribution in [-0.4, -0.2) is 25.1 Å². The SMILES string of the molecule is CC[C@H](NC(=O)COC(=O)COc1ccccc1)c1ccc(Br)cc1. The first-order valence-corrected chi connectivity index (χ1v) is 8.76. The van der Waals surface area contributed by atoms with Crippen LogP contribution in [0.5, 0.6) is 5.75 Å². The number of rotatable bonds is 8. The van der Waals surface area contributed by atoms with Crippen molar-refractivity contribution < 1.29 is 19.1 Å². The molecule has 0 aliphatic heterocycles. The van der Waals surface area contributed by atoms with Crippen LogP contribution in [0.3, 0.4) is 0 Å². The van der Waals surface area contributed by atoms with Gasteiger partial charge in [0.25, 0.3) is 5.91 Å². The number of nitrogens with one attached hydrogen (secondary N) is 1. The fraction of sp³-hybridized carbons (Fsp3) is 0.263. The summed E-state index contributed by atoms with van der Waals surface area (Å²) in [6.45, 7) is 1.41. The first kappa shape index (κ1) is 19.0. The fourth-order valence-electron chi connectivity index (χ4n) is 2.20. The van der Waals surface area contributed by atoms with Gasteiger partial charge in [-0.25, -0.2) is 4.79 Å². The molecule has 132 valence electrons. The molecule has 2 aromatic rings. The summed E-state index contributed by atoms with van der Waals surface area (Å²) in [4.78, 5) is 23.6. The lowest BCUT2D eigenvalue weighted by Gasteiger charge is -2.17. The van der Waals surface area contributed by atoms with Crippen molar-refractivity contribution in [2.45, 2.75) is 19.4 Å². The molecule has 0 radical (unpaired) electrons. The van der Waals surface area contributed by atoms with Crippen LogP contribution in [-0.2, 0) is 14.3 Å². The minimum atomic E-state index is -0.587. The number of carbonyl (C=O) groups excluding carboxylic acids is 2. The van der Waals surface area contributed by atoms with Gasteiger partial charge in [-0.1, -0.05) is 53.2 Å². The van der Waals surface area contributed by atoms with E-state index < -0.39 is 5.97 Å². The lowest BCUT2D eigenvalue weighted by atomic mass is 10.0. The van der Waals surface area contributed by atoms with Gasteiger partial charge in [0.2, 0.25) is 0 Å². The summed E-state index contributed by atoms with van der Waals surface area (Å²) in [6, 6.07) is 16.5. The van der Waals surface area contributed by atoms with E-state index in [4.69, 9.17) is 9.47 Å². The number of esters is 1. The molecule has 5 nitrogen and oxygen atoms in total. The van der Waals surface area contributed by atoms with Crippen LogP contribution in [0.4, 0.5) is 0 Å². The summed E-state index contributed by atoms with van der Waals surface area (Å²) in [5, 5.41) is 2.86. The third kappa shape index (κ3) is 6.58. The first-order chi connectivity index (χ1) is 12.1. The van der Waals surface area contributed by atoms with E-state index in [1.807, 2.05) is 37.3 Å². The van der Waals surface area contributed by atoms with Crippen molar-refractivity contribution in [1.29, 1.82) is 0 Å². The van der Waals surface area contributed by atoms with Gasteiger partial charge in [-0.15, -0.1) is 0 Å². The monoisotopic (exact) mass is 405 g/mol. The predicted molar refractivity (Wildman–Crippen MR) is 98.2 cm³/mol. The van der Waals surface area contributed by atoms with Crippen molar-refractivity contribution in [1.82, 2.24) is 5.32 Å². The van der Waals surface area contributed by atoms with Crippen molar-refractivity contribution >= 4 is 27.8 Å². The minimum Gasteiger partial charge on any atom is -0.482 e. The van der Waals surface area contributed by atoms with E-state index in [0.717, 1.165) is 16.5 Å². The Hall–Kier alpha value is -2.34. The number of benzene rings is 2. The molecule has 1 atom stereocenters. The van der Waals surface area contributed by atoms with Gasteiger partial charge in [-0.05, 0) is 36.2 Å². The third-order valence-electron chi connectivity index (χ3n) is 3.48. The van der Waals surface area contributed by atoms with E-state index in [1.54, 1.807) is 24.3 Å². The van der Waals surface area contributed by atoms with E-state index in [1.165, 1.54) is 0 Å². The fourth-order valence-corrected chi connectivity index (χ4v) is 2.46. The Morgan fingerprint density at radius 1 is 1.04 bits per heavy atom. The minimum absolute atomic E-state index is 0.125. The quantitative estimate of drug-likeness (QED) is 0.680. The van der Waals surface area contributed by atoms with Crippen LogP contribution in [0.25, 0.3) is 0 Å². The van der Waals surface area contributed by atoms with Crippen molar-refractivity contribution in [2.24, 2.45) is 0 Å². The van der Waals surface area contributed by atoms with Crippen molar-refractivity contribution in [3.63, 3.8) is 0 Å². The molecule has 1 N–H and O–H groups in total. The Labute approximate surface area is 155 Å². The van der Waals surface area contributed by atoms with Crippen molar-refractivity contribution in [2.75, 3.05) is 13.2 Å². The maximum Gasteiger partial charge on any atom is 0.344 e. The summed E-state index contributed by atoms with van der Waals surface area (Å²) < 4.78 is 11.2. The summed E-state index contributed by atoms with van der Waals surface area (Å²) >= 11 is 3.38. The van der Waals surface area contributed by atoms with Gasteiger partial charge >= 0.3 is 5.97 Å². The molecule has 25 heavy (non-hydrogen) atoms. The second-order valence-electron chi connectivity index (χ2n) is 5.34. The highest BCUT2D eigenvalue weighted by atomic mass is 79.9. The molecule has 2 rings (SSSR count). The summed E-state index contributed by atoms with van der Waals surface area (Å²) in [5.74, 6) is -0.358. The highest BCUT2D eigenvalue weighted by Crippen LogP contribution is 2.19. The number of halogens is 1. The molecule has 0 aliphatic carbocycles.